The third-order valence-electron chi connectivity index (χ3n) is 4.69. The second-order valence-electron chi connectivity index (χ2n) is 6.79. The summed E-state index contributed by atoms with van der Waals surface area (Å²) in [5, 5.41) is 0.553. The third-order valence-corrected chi connectivity index (χ3v) is 4.69. The summed E-state index contributed by atoms with van der Waals surface area (Å²) in [6.45, 7) is 7.08. The van der Waals surface area contributed by atoms with Crippen LogP contribution in [0.3, 0.4) is 0 Å². The van der Waals surface area contributed by atoms with Crippen LogP contribution in [-0.2, 0) is 4.79 Å². The molecule has 1 aromatic carbocycles. The average Bonchev–Trinajstić information content (AvgIpc) is 2.57. The number of carbonyl (C=O) groups excluding carboxylic acids is 1. The average molecular weight is 328 g/mol. The van der Waals surface area contributed by atoms with E-state index in [2.05, 4.69) is 16.9 Å². The minimum atomic E-state index is -0.516. The number of likely N-dealkylation sites (N-methyl/N-ethyl adjacent to an activating group) is 1. The zero-order valence-electron chi connectivity index (χ0n) is 14.5. The van der Waals surface area contributed by atoms with Crippen LogP contribution in [0, 0.1) is 5.92 Å². The minimum absolute atomic E-state index is 0.0114. The Kier molecular flexibility index (Phi) is 4.66. The van der Waals surface area contributed by atoms with Gasteiger partial charge in [0.05, 0.1) is 17.2 Å². The van der Waals surface area contributed by atoms with Crippen LogP contribution in [0.5, 0.6) is 0 Å². The van der Waals surface area contributed by atoms with E-state index in [1.807, 2.05) is 36.9 Å². The van der Waals surface area contributed by atoms with E-state index in [1.54, 1.807) is 6.07 Å². The van der Waals surface area contributed by atoms with E-state index in [-0.39, 0.29) is 17.4 Å². The summed E-state index contributed by atoms with van der Waals surface area (Å²) < 4.78 is 1.51. The summed E-state index contributed by atoms with van der Waals surface area (Å²) in [6, 6.07) is 6.74. The molecule has 0 spiro atoms. The van der Waals surface area contributed by atoms with Crippen LogP contribution >= 0.6 is 0 Å². The lowest BCUT2D eigenvalue weighted by molar-refractivity contribution is -0.137. The highest BCUT2D eigenvalue weighted by Crippen LogP contribution is 2.20. The first-order valence-corrected chi connectivity index (χ1v) is 8.42. The van der Waals surface area contributed by atoms with Crippen molar-refractivity contribution >= 4 is 16.8 Å². The molecule has 1 atom stereocenters. The number of rotatable bonds is 3. The molecule has 2 aromatic rings. The molecule has 128 valence electrons. The van der Waals surface area contributed by atoms with Gasteiger partial charge < -0.3 is 9.80 Å². The number of hydrogen-bond donors (Lipinski definition) is 0. The molecule has 1 amide bonds. The number of aromatic nitrogens is 2. The Labute approximate surface area is 141 Å². The van der Waals surface area contributed by atoms with Gasteiger partial charge in [-0.2, -0.15) is 0 Å². The van der Waals surface area contributed by atoms with Gasteiger partial charge in [-0.05, 0) is 25.1 Å². The Balaban J connectivity index is 1.98. The number of nitrogens with zero attached hydrogens (tertiary/aromatic N) is 4. The highest BCUT2D eigenvalue weighted by Gasteiger charge is 2.31. The Morgan fingerprint density at radius 3 is 2.46 bits per heavy atom. The van der Waals surface area contributed by atoms with Gasteiger partial charge in [0.15, 0.2) is 0 Å². The van der Waals surface area contributed by atoms with Crippen LogP contribution in [0.2, 0.25) is 0 Å². The van der Waals surface area contributed by atoms with E-state index in [0.717, 1.165) is 13.1 Å². The Morgan fingerprint density at radius 2 is 1.79 bits per heavy atom. The maximum Gasteiger partial charge on any atom is 0.261 e. The first-order valence-electron chi connectivity index (χ1n) is 8.42. The van der Waals surface area contributed by atoms with Crippen LogP contribution in [0.25, 0.3) is 10.9 Å². The first kappa shape index (κ1) is 16.6. The lowest BCUT2D eigenvalue weighted by Crippen LogP contribution is -2.51. The van der Waals surface area contributed by atoms with E-state index in [9.17, 15) is 9.59 Å². The molecule has 0 N–H and O–H groups in total. The van der Waals surface area contributed by atoms with Gasteiger partial charge in [-0.1, -0.05) is 26.0 Å². The van der Waals surface area contributed by atoms with Crippen molar-refractivity contribution in [1.29, 1.82) is 0 Å². The van der Waals surface area contributed by atoms with E-state index >= 15 is 0 Å². The van der Waals surface area contributed by atoms with E-state index in [4.69, 9.17) is 0 Å². The quantitative estimate of drug-likeness (QED) is 0.854. The van der Waals surface area contributed by atoms with Crippen LogP contribution < -0.4 is 5.56 Å². The monoisotopic (exact) mass is 328 g/mol. The van der Waals surface area contributed by atoms with Crippen molar-refractivity contribution in [3.8, 4) is 0 Å². The highest BCUT2D eigenvalue weighted by molar-refractivity contribution is 5.82. The molecule has 3 rings (SSSR count). The predicted molar refractivity (Wildman–Crippen MR) is 94.0 cm³/mol. The Morgan fingerprint density at radius 1 is 1.12 bits per heavy atom. The molecule has 1 aliphatic rings. The zero-order chi connectivity index (χ0) is 17.3. The SMILES string of the molecule is CC(C)[C@@H](C(=O)N1CCN(C)CC1)n1cnc2ccccc2c1=O. The Bertz CT molecular complexity index is 791. The highest BCUT2D eigenvalue weighted by atomic mass is 16.2. The molecule has 6 nitrogen and oxygen atoms in total. The van der Waals surface area contributed by atoms with Gasteiger partial charge in [0, 0.05) is 26.2 Å². The van der Waals surface area contributed by atoms with E-state index < -0.39 is 6.04 Å². The number of benzene rings is 1. The topological polar surface area (TPSA) is 58.4 Å². The largest absolute Gasteiger partial charge is 0.338 e. The fourth-order valence-electron chi connectivity index (χ4n) is 3.22. The lowest BCUT2D eigenvalue weighted by Gasteiger charge is -2.36. The summed E-state index contributed by atoms with van der Waals surface area (Å²) in [4.78, 5) is 34.4. The molecule has 0 radical (unpaired) electrons. The fraction of sp³-hybridized carbons (Fsp3) is 0.500. The molecule has 0 bridgehead atoms. The van der Waals surface area contributed by atoms with Crippen molar-refractivity contribution < 1.29 is 4.79 Å². The summed E-state index contributed by atoms with van der Waals surface area (Å²) >= 11 is 0. The van der Waals surface area contributed by atoms with Gasteiger partial charge in [0.2, 0.25) is 5.91 Å². The number of amides is 1. The molecular weight excluding hydrogens is 304 g/mol. The molecule has 1 saturated heterocycles. The molecule has 1 fully saturated rings. The first-order chi connectivity index (χ1) is 11.5. The standard InChI is InChI=1S/C18H24N4O2/c1-13(2)16(18(24)21-10-8-20(3)9-11-21)22-12-19-15-7-5-4-6-14(15)17(22)23/h4-7,12-13,16H,8-11H2,1-3H3/t16-/m0/s1. The molecule has 0 saturated carbocycles. The van der Waals surface area contributed by atoms with Gasteiger partial charge in [-0.15, -0.1) is 0 Å². The molecule has 1 aliphatic heterocycles. The van der Waals surface area contributed by atoms with Crippen molar-refractivity contribution in [2.45, 2.75) is 19.9 Å². The smallest absolute Gasteiger partial charge is 0.261 e. The van der Waals surface area contributed by atoms with E-state index in [1.165, 1.54) is 10.9 Å². The molecule has 24 heavy (non-hydrogen) atoms. The maximum atomic E-state index is 13.1. The number of fused-ring (bicyclic) bond motifs is 1. The van der Waals surface area contributed by atoms with Gasteiger partial charge >= 0.3 is 0 Å². The molecule has 0 aliphatic carbocycles. The summed E-state index contributed by atoms with van der Waals surface area (Å²) in [6.07, 6.45) is 1.52. The fourth-order valence-corrected chi connectivity index (χ4v) is 3.22. The van der Waals surface area contributed by atoms with Gasteiger partial charge in [-0.25, -0.2) is 4.98 Å². The number of hydrogen-bond acceptors (Lipinski definition) is 4. The van der Waals surface area contributed by atoms with Gasteiger partial charge in [0.1, 0.15) is 6.04 Å². The summed E-state index contributed by atoms with van der Waals surface area (Å²) in [5.74, 6) is 0.0232. The summed E-state index contributed by atoms with van der Waals surface area (Å²) in [7, 11) is 2.06. The third kappa shape index (κ3) is 3.06. The van der Waals surface area contributed by atoms with Crippen LogP contribution in [0.4, 0.5) is 0 Å². The minimum Gasteiger partial charge on any atom is -0.338 e. The summed E-state index contributed by atoms with van der Waals surface area (Å²) in [5.41, 5.74) is 0.509. The number of piperazine rings is 1. The number of para-hydroxylation sites is 1. The zero-order valence-corrected chi connectivity index (χ0v) is 14.5. The van der Waals surface area contributed by atoms with Crippen molar-refractivity contribution in [3.05, 3.63) is 40.9 Å². The van der Waals surface area contributed by atoms with Crippen molar-refractivity contribution in [3.63, 3.8) is 0 Å². The lowest BCUT2D eigenvalue weighted by atomic mass is 10.0. The second kappa shape index (κ2) is 6.73. The van der Waals surface area contributed by atoms with E-state index in [0.29, 0.717) is 24.0 Å². The molecule has 6 heteroatoms. The van der Waals surface area contributed by atoms with Crippen molar-refractivity contribution in [1.82, 2.24) is 19.4 Å². The normalized spacial score (nSPS) is 17.4. The molecular formula is C18H24N4O2. The number of carbonyl (C=O) groups is 1. The van der Waals surface area contributed by atoms with Crippen molar-refractivity contribution in [2.75, 3.05) is 33.2 Å². The van der Waals surface area contributed by atoms with Gasteiger partial charge in [0.25, 0.3) is 5.56 Å². The second-order valence-corrected chi connectivity index (χ2v) is 6.79. The Hall–Kier alpha value is -2.21. The van der Waals surface area contributed by atoms with Crippen LogP contribution in [0.15, 0.2) is 35.4 Å². The van der Waals surface area contributed by atoms with Crippen molar-refractivity contribution in [2.24, 2.45) is 5.92 Å². The van der Waals surface area contributed by atoms with Crippen LogP contribution in [-0.4, -0.2) is 58.5 Å². The van der Waals surface area contributed by atoms with Crippen LogP contribution in [0.1, 0.15) is 19.9 Å². The molecule has 1 aromatic heterocycles. The molecule has 0 unspecified atom stereocenters. The predicted octanol–water partition coefficient (Wildman–Crippen LogP) is 1.37. The maximum absolute atomic E-state index is 13.1. The molecule has 2 heterocycles. The van der Waals surface area contributed by atoms with Gasteiger partial charge in [-0.3, -0.25) is 14.2 Å².